The number of methoxy groups -OCH3 is 2. The molecule has 0 aliphatic heterocycles. The second kappa shape index (κ2) is 7.92. The molecule has 0 aromatic heterocycles. The van der Waals surface area contributed by atoms with Crippen molar-refractivity contribution >= 4 is 17.3 Å². The van der Waals surface area contributed by atoms with Gasteiger partial charge in [0.05, 0.1) is 19.9 Å². The number of hydrogen-bond donors (Lipinski definition) is 2. The Kier molecular flexibility index (Phi) is 5.91. The maximum atomic E-state index is 12.6. The van der Waals surface area contributed by atoms with Gasteiger partial charge in [0.15, 0.2) is 0 Å². The molecule has 2 rings (SSSR count). The number of rotatable bonds is 6. The van der Waals surface area contributed by atoms with Crippen molar-refractivity contribution in [1.82, 2.24) is 0 Å². The zero-order valence-corrected chi connectivity index (χ0v) is 15.7. The second-order valence-electron chi connectivity index (χ2n) is 6.20. The van der Waals surface area contributed by atoms with Crippen LogP contribution in [0.1, 0.15) is 23.6 Å². The Balaban J connectivity index is 2.14. The van der Waals surface area contributed by atoms with Crippen molar-refractivity contribution in [2.24, 2.45) is 0 Å². The summed E-state index contributed by atoms with van der Waals surface area (Å²) in [6.07, 6.45) is 0. The van der Waals surface area contributed by atoms with Crippen LogP contribution in [0.5, 0.6) is 11.5 Å². The number of anilines is 2. The third kappa shape index (κ3) is 4.44. The van der Waals surface area contributed by atoms with Crippen LogP contribution in [0.3, 0.4) is 0 Å². The molecule has 0 fully saturated rings. The van der Waals surface area contributed by atoms with Gasteiger partial charge in [0.25, 0.3) is 0 Å². The van der Waals surface area contributed by atoms with Crippen LogP contribution in [-0.2, 0) is 4.79 Å². The van der Waals surface area contributed by atoms with Crippen molar-refractivity contribution in [3.8, 4) is 11.5 Å². The molecule has 134 valence electrons. The molecule has 0 aliphatic carbocycles. The average molecular weight is 342 g/mol. The SMILES string of the molecule is COc1ccc(N[C@H](C)C(=O)Nc2c(C)cc(C)cc2C)c(OC)c1. The molecule has 1 atom stereocenters. The smallest absolute Gasteiger partial charge is 0.246 e. The monoisotopic (exact) mass is 342 g/mol. The van der Waals surface area contributed by atoms with Crippen molar-refractivity contribution < 1.29 is 14.3 Å². The molecular weight excluding hydrogens is 316 g/mol. The van der Waals surface area contributed by atoms with Crippen LogP contribution < -0.4 is 20.1 Å². The van der Waals surface area contributed by atoms with Gasteiger partial charge in [0, 0.05) is 11.8 Å². The summed E-state index contributed by atoms with van der Waals surface area (Å²) < 4.78 is 10.6. The van der Waals surface area contributed by atoms with E-state index in [1.807, 2.05) is 39.8 Å². The third-order valence-electron chi connectivity index (χ3n) is 4.10. The molecular formula is C20H26N2O3. The molecule has 0 aliphatic rings. The first-order chi connectivity index (χ1) is 11.8. The minimum absolute atomic E-state index is 0.104. The lowest BCUT2D eigenvalue weighted by molar-refractivity contribution is -0.116. The number of benzene rings is 2. The third-order valence-corrected chi connectivity index (χ3v) is 4.10. The summed E-state index contributed by atoms with van der Waals surface area (Å²) in [6.45, 7) is 7.87. The van der Waals surface area contributed by atoms with E-state index >= 15 is 0 Å². The van der Waals surface area contributed by atoms with Gasteiger partial charge in [-0.05, 0) is 51.0 Å². The van der Waals surface area contributed by atoms with Crippen molar-refractivity contribution in [3.63, 3.8) is 0 Å². The Morgan fingerprint density at radius 2 is 1.64 bits per heavy atom. The van der Waals surface area contributed by atoms with Crippen molar-refractivity contribution in [3.05, 3.63) is 47.0 Å². The number of ether oxygens (including phenoxy) is 2. The molecule has 1 amide bonds. The van der Waals surface area contributed by atoms with Gasteiger partial charge in [0.1, 0.15) is 17.5 Å². The molecule has 0 radical (unpaired) electrons. The fourth-order valence-corrected chi connectivity index (χ4v) is 2.83. The molecule has 5 heteroatoms. The Hall–Kier alpha value is -2.69. The lowest BCUT2D eigenvalue weighted by Crippen LogP contribution is -2.32. The highest BCUT2D eigenvalue weighted by Gasteiger charge is 2.17. The van der Waals surface area contributed by atoms with Gasteiger partial charge in [-0.25, -0.2) is 0 Å². The fraction of sp³-hybridized carbons (Fsp3) is 0.350. The van der Waals surface area contributed by atoms with E-state index in [0.717, 1.165) is 22.5 Å². The largest absolute Gasteiger partial charge is 0.497 e. The van der Waals surface area contributed by atoms with Gasteiger partial charge >= 0.3 is 0 Å². The molecule has 0 unspecified atom stereocenters. The van der Waals surface area contributed by atoms with Crippen LogP contribution in [0.2, 0.25) is 0 Å². The number of nitrogens with one attached hydrogen (secondary N) is 2. The van der Waals surface area contributed by atoms with E-state index in [0.29, 0.717) is 11.5 Å². The highest BCUT2D eigenvalue weighted by Crippen LogP contribution is 2.30. The molecule has 2 aromatic carbocycles. The molecule has 0 saturated carbocycles. The number of carbonyl (C=O) groups excluding carboxylic acids is 1. The first-order valence-corrected chi connectivity index (χ1v) is 8.23. The average Bonchev–Trinajstić information content (AvgIpc) is 2.58. The minimum Gasteiger partial charge on any atom is -0.497 e. The van der Waals surface area contributed by atoms with Gasteiger partial charge in [-0.2, -0.15) is 0 Å². The van der Waals surface area contributed by atoms with Crippen LogP contribution >= 0.6 is 0 Å². The first-order valence-electron chi connectivity index (χ1n) is 8.23. The standard InChI is InChI=1S/C20H26N2O3/c1-12-9-13(2)19(14(3)10-12)22-20(23)15(4)21-17-8-7-16(24-5)11-18(17)25-6/h7-11,15,21H,1-6H3,(H,22,23)/t15-/m1/s1. The first kappa shape index (κ1) is 18.6. The van der Waals surface area contributed by atoms with Gasteiger partial charge < -0.3 is 20.1 Å². The van der Waals surface area contributed by atoms with Crippen LogP contribution in [0, 0.1) is 20.8 Å². The summed E-state index contributed by atoms with van der Waals surface area (Å²) in [4.78, 5) is 12.6. The normalized spacial score (nSPS) is 11.6. The Morgan fingerprint density at radius 3 is 2.20 bits per heavy atom. The summed E-state index contributed by atoms with van der Waals surface area (Å²) in [5, 5.41) is 6.21. The Bertz CT molecular complexity index is 749. The maximum absolute atomic E-state index is 12.6. The van der Waals surface area contributed by atoms with Crippen LogP contribution in [0.15, 0.2) is 30.3 Å². The van der Waals surface area contributed by atoms with Gasteiger partial charge in [-0.3, -0.25) is 4.79 Å². The molecule has 0 heterocycles. The predicted octanol–water partition coefficient (Wildman–Crippen LogP) is 4.07. The van der Waals surface area contributed by atoms with Crippen LogP contribution in [0.25, 0.3) is 0 Å². The lowest BCUT2D eigenvalue weighted by atomic mass is 10.0. The molecule has 0 saturated heterocycles. The number of carbonyl (C=O) groups is 1. The summed E-state index contributed by atoms with van der Waals surface area (Å²) in [6, 6.07) is 9.14. The van der Waals surface area contributed by atoms with E-state index in [4.69, 9.17) is 9.47 Å². The minimum atomic E-state index is -0.428. The molecule has 5 nitrogen and oxygen atoms in total. The van der Waals surface area contributed by atoms with Gasteiger partial charge in [-0.1, -0.05) is 17.7 Å². The molecule has 2 N–H and O–H groups in total. The van der Waals surface area contributed by atoms with E-state index in [1.165, 1.54) is 5.56 Å². The zero-order valence-electron chi connectivity index (χ0n) is 15.7. The molecule has 25 heavy (non-hydrogen) atoms. The van der Waals surface area contributed by atoms with E-state index in [1.54, 1.807) is 20.3 Å². The fourth-order valence-electron chi connectivity index (χ4n) is 2.83. The Labute approximate surface area is 149 Å². The summed E-state index contributed by atoms with van der Waals surface area (Å²) in [5.41, 5.74) is 4.90. The number of aryl methyl sites for hydroxylation is 3. The molecule has 2 aromatic rings. The maximum Gasteiger partial charge on any atom is 0.246 e. The quantitative estimate of drug-likeness (QED) is 0.831. The van der Waals surface area contributed by atoms with E-state index in [-0.39, 0.29) is 5.91 Å². The van der Waals surface area contributed by atoms with E-state index < -0.39 is 6.04 Å². The highest BCUT2D eigenvalue weighted by atomic mass is 16.5. The predicted molar refractivity (Wildman–Crippen MR) is 102 cm³/mol. The summed E-state index contributed by atoms with van der Waals surface area (Å²) >= 11 is 0. The van der Waals surface area contributed by atoms with E-state index in [9.17, 15) is 4.79 Å². The van der Waals surface area contributed by atoms with Crippen molar-refractivity contribution in [1.29, 1.82) is 0 Å². The topological polar surface area (TPSA) is 59.6 Å². The number of hydrogen-bond acceptors (Lipinski definition) is 4. The summed E-state index contributed by atoms with van der Waals surface area (Å²) in [5.74, 6) is 1.22. The lowest BCUT2D eigenvalue weighted by Gasteiger charge is -2.19. The van der Waals surface area contributed by atoms with Gasteiger partial charge in [0.2, 0.25) is 5.91 Å². The Morgan fingerprint density at radius 1 is 1.00 bits per heavy atom. The van der Waals surface area contributed by atoms with Crippen molar-refractivity contribution in [2.75, 3.05) is 24.9 Å². The number of amides is 1. The molecule has 0 bridgehead atoms. The van der Waals surface area contributed by atoms with Crippen LogP contribution in [-0.4, -0.2) is 26.2 Å². The van der Waals surface area contributed by atoms with E-state index in [2.05, 4.69) is 22.8 Å². The van der Waals surface area contributed by atoms with Crippen LogP contribution in [0.4, 0.5) is 11.4 Å². The zero-order chi connectivity index (χ0) is 18.6. The second-order valence-corrected chi connectivity index (χ2v) is 6.20. The highest BCUT2D eigenvalue weighted by molar-refractivity contribution is 5.97. The summed E-state index contributed by atoms with van der Waals surface area (Å²) in [7, 11) is 3.19. The molecule has 0 spiro atoms. The van der Waals surface area contributed by atoms with Gasteiger partial charge in [-0.15, -0.1) is 0 Å². The van der Waals surface area contributed by atoms with Crippen molar-refractivity contribution in [2.45, 2.75) is 33.7 Å².